The molecule has 0 bridgehead atoms. The molecule has 0 spiro atoms. The molecule has 0 fully saturated rings. The van der Waals surface area contributed by atoms with Gasteiger partial charge >= 0.3 is 0 Å². The average molecular weight is 287 g/mol. The molecule has 0 aliphatic carbocycles. The summed E-state index contributed by atoms with van der Waals surface area (Å²) >= 11 is 1.46. The van der Waals surface area contributed by atoms with Crippen LogP contribution in [0.1, 0.15) is 11.5 Å². The number of nitrogen functional groups attached to an aromatic ring is 1. The second-order valence-corrected chi connectivity index (χ2v) is 5.14. The number of fused-ring (bicyclic) bond motifs is 1. The van der Waals surface area contributed by atoms with E-state index in [2.05, 4.69) is 26.7 Å². The molecule has 2 aromatic heterocycles. The van der Waals surface area contributed by atoms with Crippen molar-refractivity contribution in [2.75, 3.05) is 5.43 Å². The summed E-state index contributed by atoms with van der Waals surface area (Å²) in [6, 6.07) is 9.97. The molecule has 20 heavy (non-hydrogen) atoms. The van der Waals surface area contributed by atoms with Crippen molar-refractivity contribution in [3.8, 4) is 0 Å². The summed E-state index contributed by atoms with van der Waals surface area (Å²) in [6.45, 7) is 1.77. The van der Waals surface area contributed by atoms with E-state index in [1.54, 1.807) is 6.92 Å². The minimum absolute atomic E-state index is 0.540. The van der Waals surface area contributed by atoms with Crippen LogP contribution in [-0.2, 0) is 5.75 Å². The van der Waals surface area contributed by atoms with Gasteiger partial charge in [-0.1, -0.05) is 30.0 Å². The highest BCUT2D eigenvalue weighted by atomic mass is 32.2. The Hall–Kier alpha value is -2.12. The number of thioether (sulfide) groups is 1. The summed E-state index contributed by atoms with van der Waals surface area (Å²) < 4.78 is 5.33. The van der Waals surface area contributed by atoms with Crippen molar-refractivity contribution in [1.82, 2.24) is 15.2 Å². The van der Waals surface area contributed by atoms with E-state index >= 15 is 0 Å². The van der Waals surface area contributed by atoms with Gasteiger partial charge in [0.05, 0.1) is 5.52 Å². The third-order valence-corrected chi connectivity index (χ3v) is 3.67. The molecule has 7 heteroatoms. The van der Waals surface area contributed by atoms with Crippen LogP contribution in [0.2, 0.25) is 0 Å². The smallest absolute Gasteiger partial charge is 0.276 e. The Morgan fingerprint density at radius 3 is 2.90 bits per heavy atom. The molecule has 0 saturated heterocycles. The summed E-state index contributed by atoms with van der Waals surface area (Å²) in [4.78, 5) is 4.50. The van der Waals surface area contributed by atoms with Crippen molar-refractivity contribution in [2.45, 2.75) is 17.9 Å². The summed E-state index contributed by atoms with van der Waals surface area (Å²) in [7, 11) is 0. The summed E-state index contributed by atoms with van der Waals surface area (Å²) in [5.41, 5.74) is 4.54. The van der Waals surface area contributed by atoms with Crippen LogP contribution in [0, 0.1) is 6.92 Å². The van der Waals surface area contributed by atoms with Gasteiger partial charge in [0.2, 0.25) is 5.89 Å². The van der Waals surface area contributed by atoms with Crippen LogP contribution in [0.3, 0.4) is 0 Å². The van der Waals surface area contributed by atoms with E-state index in [1.807, 2.05) is 24.3 Å². The van der Waals surface area contributed by atoms with Crippen LogP contribution in [0.5, 0.6) is 0 Å². The molecule has 3 rings (SSSR count). The molecule has 3 aromatic rings. The largest absolute Gasteiger partial charge is 0.416 e. The Morgan fingerprint density at radius 1 is 1.30 bits per heavy atom. The standard InChI is InChI=1S/C13H13N5OS/c1-8-17-18-13(19-8)20-7-10-6-9-4-2-3-5-11(9)15-12(10)16-14/h2-6H,7,14H2,1H3,(H,15,16). The van der Waals surface area contributed by atoms with Crippen molar-refractivity contribution < 1.29 is 4.42 Å². The number of hydrazine groups is 1. The maximum absolute atomic E-state index is 5.54. The third kappa shape index (κ3) is 2.59. The normalized spacial score (nSPS) is 10.9. The fourth-order valence-corrected chi connectivity index (χ4v) is 2.65. The Bertz CT molecular complexity index is 742. The molecule has 0 aliphatic rings. The van der Waals surface area contributed by atoms with Crippen molar-refractivity contribution in [2.24, 2.45) is 5.84 Å². The second kappa shape index (κ2) is 5.48. The molecule has 0 saturated carbocycles. The summed E-state index contributed by atoms with van der Waals surface area (Å²) in [5, 5.41) is 9.36. The van der Waals surface area contributed by atoms with E-state index in [9.17, 15) is 0 Å². The lowest BCUT2D eigenvalue weighted by molar-refractivity contribution is 0.429. The number of nitrogens with zero attached hydrogens (tertiary/aromatic N) is 3. The molecule has 0 radical (unpaired) electrons. The zero-order valence-corrected chi connectivity index (χ0v) is 11.6. The zero-order valence-electron chi connectivity index (χ0n) is 10.8. The van der Waals surface area contributed by atoms with E-state index < -0.39 is 0 Å². The van der Waals surface area contributed by atoms with Gasteiger partial charge in [-0.25, -0.2) is 10.8 Å². The number of aryl methyl sites for hydroxylation is 1. The molecule has 0 unspecified atom stereocenters. The van der Waals surface area contributed by atoms with Crippen molar-refractivity contribution >= 4 is 28.5 Å². The number of hydrogen-bond donors (Lipinski definition) is 2. The number of para-hydroxylation sites is 1. The predicted octanol–water partition coefficient (Wildman–Crippen LogP) is 2.50. The molecular formula is C13H13N5OS. The number of nitrogens with one attached hydrogen (secondary N) is 1. The molecule has 102 valence electrons. The van der Waals surface area contributed by atoms with Crippen molar-refractivity contribution in [1.29, 1.82) is 0 Å². The van der Waals surface area contributed by atoms with E-state index in [4.69, 9.17) is 10.3 Å². The van der Waals surface area contributed by atoms with Crippen LogP contribution < -0.4 is 11.3 Å². The topological polar surface area (TPSA) is 89.9 Å². The number of benzene rings is 1. The zero-order chi connectivity index (χ0) is 13.9. The Morgan fingerprint density at radius 2 is 2.15 bits per heavy atom. The van der Waals surface area contributed by atoms with Gasteiger partial charge < -0.3 is 9.84 Å². The van der Waals surface area contributed by atoms with Crippen molar-refractivity contribution in [3.05, 3.63) is 41.8 Å². The lowest BCUT2D eigenvalue weighted by Gasteiger charge is -2.08. The van der Waals surface area contributed by atoms with Crippen LogP contribution in [-0.4, -0.2) is 15.2 Å². The maximum atomic E-state index is 5.54. The first-order valence-corrected chi connectivity index (χ1v) is 7.03. The van der Waals surface area contributed by atoms with E-state index in [0.29, 0.717) is 22.7 Å². The van der Waals surface area contributed by atoms with Crippen molar-refractivity contribution in [3.63, 3.8) is 0 Å². The van der Waals surface area contributed by atoms with E-state index in [1.165, 1.54) is 11.8 Å². The van der Waals surface area contributed by atoms with Crippen LogP contribution in [0.4, 0.5) is 5.82 Å². The van der Waals surface area contributed by atoms with Gasteiger partial charge in [0.15, 0.2) is 0 Å². The second-order valence-electron chi connectivity index (χ2n) is 4.21. The van der Waals surface area contributed by atoms with Gasteiger partial charge in [-0.05, 0) is 12.1 Å². The first-order valence-electron chi connectivity index (χ1n) is 6.04. The summed E-state index contributed by atoms with van der Waals surface area (Å²) in [5.74, 6) is 7.41. The fourth-order valence-electron chi connectivity index (χ4n) is 1.87. The number of pyridine rings is 1. The third-order valence-electron chi connectivity index (χ3n) is 2.80. The number of rotatable bonds is 4. The first kappa shape index (κ1) is 12.9. The quantitative estimate of drug-likeness (QED) is 0.433. The minimum atomic E-state index is 0.540. The highest BCUT2D eigenvalue weighted by Gasteiger charge is 2.09. The number of anilines is 1. The predicted molar refractivity (Wildman–Crippen MR) is 78.1 cm³/mol. The lowest BCUT2D eigenvalue weighted by atomic mass is 10.1. The molecule has 1 aromatic carbocycles. The van der Waals surface area contributed by atoms with Gasteiger partial charge in [0.1, 0.15) is 5.82 Å². The highest BCUT2D eigenvalue weighted by molar-refractivity contribution is 7.98. The fraction of sp³-hybridized carbons (Fsp3) is 0.154. The van der Waals surface area contributed by atoms with E-state index in [-0.39, 0.29) is 0 Å². The SMILES string of the molecule is Cc1nnc(SCc2cc3ccccc3nc2NN)o1. The average Bonchev–Trinajstić information content (AvgIpc) is 2.89. The minimum Gasteiger partial charge on any atom is -0.416 e. The van der Waals surface area contributed by atoms with Gasteiger partial charge in [0, 0.05) is 23.6 Å². The highest BCUT2D eigenvalue weighted by Crippen LogP contribution is 2.27. The summed E-state index contributed by atoms with van der Waals surface area (Å²) in [6.07, 6.45) is 0. The lowest BCUT2D eigenvalue weighted by Crippen LogP contribution is -2.11. The molecule has 2 heterocycles. The molecule has 0 aliphatic heterocycles. The molecule has 0 amide bonds. The number of nitrogens with two attached hydrogens (primary N) is 1. The van der Waals surface area contributed by atoms with E-state index in [0.717, 1.165) is 16.5 Å². The molecular weight excluding hydrogens is 274 g/mol. The maximum Gasteiger partial charge on any atom is 0.276 e. The molecule has 0 atom stereocenters. The molecule has 6 nitrogen and oxygen atoms in total. The van der Waals surface area contributed by atoms with Gasteiger partial charge in [-0.15, -0.1) is 10.2 Å². The first-order chi connectivity index (χ1) is 9.76. The van der Waals surface area contributed by atoms with Gasteiger partial charge in [-0.3, -0.25) is 0 Å². The van der Waals surface area contributed by atoms with Gasteiger partial charge in [0.25, 0.3) is 5.22 Å². The van der Waals surface area contributed by atoms with Crippen LogP contribution >= 0.6 is 11.8 Å². The Labute approximate surface area is 119 Å². The molecule has 3 N–H and O–H groups in total. The Balaban J connectivity index is 1.89. The number of aromatic nitrogens is 3. The monoisotopic (exact) mass is 287 g/mol. The Kier molecular flexibility index (Phi) is 3.53. The van der Waals surface area contributed by atoms with Crippen LogP contribution in [0.15, 0.2) is 40.0 Å². The van der Waals surface area contributed by atoms with Crippen LogP contribution in [0.25, 0.3) is 10.9 Å². The number of hydrogen-bond acceptors (Lipinski definition) is 7. The van der Waals surface area contributed by atoms with Gasteiger partial charge in [-0.2, -0.15) is 0 Å².